The Morgan fingerprint density at radius 3 is 2.46 bits per heavy atom. The molecule has 0 saturated heterocycles. The molecule has 1 aliphatic carbocycles. The number of hydrogen-bond donors (Lipinski definition) is 2. The molecule has 0 aromatic carbocycles. The van der Waals surface area contributed by atoms with Gasteiger partial charge in [0.15, 0.2) is 0 Å². The van der Waals surface area contributed by atoms with Crippen LogP contribution < -0.4 is 11.5 Å². The molecule has 74 valence electrons. The number of nitrogens with two attached hydrogens (primary N) is 2. The molecule has 4 N–H and O–H groups in total. The van der Waals surface area contributed by atoms with Crippen LogP contribution in [0.4, 0.5) is 0 Å². The van der Waals surface area contributed by atoms with Gasteiger partial charge in [0.05, 0.1) is 5.66 Å². The van der Waals surface area contributed by atoms with Crippen LogP contribution in [0.2, 0.25) is 0 Å². The highest BCUT2D eigenvalue weighted by molar-refractivity contribution is 5.26. The van der Waals surface area contributed by atoms with Gasteiger partial charge in [0.25, 0.3) is 0 Å². The summed E-state index contributed by atoms with van der Waals surface area (Å²) in [5.74, 6) is 0. The van der Waals surface area contributed by atoms with Crippen molar-refractivity contribution < 1.29 is 0 Å². The highest BCUT2D eigenvalue weighted by Crippen LogP contribution is 2.20. The molecule has 1 atom stereocenters. The maximum Gasteiger partial charge on any atom is 0.0918 e. The Kier molecular flexibility index (Phi) is 3.12. The second-order valence-electron chi connectivity index (χ2n) is 3.41. The zero-order valence-electron chi connectivity index (χ0n) is 8.46. The summed E-state index contributed by atoms with van der Waals surface area (Å²) in [4.78, 5) is 2.23. The van der Waals surface area contributed by atoms with Crippen LogP contribution in [0.15, 0.2) is 23.9 Å². The van der Waals surface area contributed by atoms with Gasteiger partial charge in [0, 0.05) is 12.1 Å². The maximum absolute atomic E-state index is 6.23. The van der Waals surface area contributed by atoms with Crippen LogP contribution >= 0.6 is 0 Å². The quantitative estimate of drug-likeness (QED) is 0.633. The van der Waals surface area contributed by atoms with Crippen LogP contribution in [0.3, 0.4) is 0 Å². The van der Waals surface area contributed by atoms with Crippen molar-refractivity contribution in [2.45, 2.75) is 25.9 Å². The first kappa shape index (κ1) is 10.3. The second kappa shape index (κ2) is 3.94. The molecule has 3 heteroatoms. The first-order valence-electron chi connectivity index (χ1n) is 4.81. The van der Waals surface area contributed by atoms with Gasteiger partial charge >= 0.3 is 0 Å². The summed E-state index contributed by atoms with van der Waals surface area (Å²) in [5, 5.41) is 0. The van der Waals surface area contributed by atoms with E-state index in [1.54, 1.807) is 0 Å². The van der Waals surface area contributed by atoms with Crippen molar-refractivity contribution in [1.82, 2.24) is 4.90 Å². The Morgan fingerprint density at radius 1 is 1.46 bits per heavy atom. The summed E-state index contributed by atoms with van der Waals surface area (Å²) in [6.07, 6.45) is 6.67. The zero-order valence-corrected chi connectivity index (χ0v) is 8.46. The monoisotopic (exact) mass is 181 g/mol. The largest absolute Gasteiger partial charge is 0.399 e. The van der Waals surface area contributed by atoms with Crippen LogP contribution in [0.25, 0.3) is 0 Å². The van der Waals surface area contributed by atoms with Crippen LogP contribution in [-0.4, -0.2) is 23.7 Å². The molecule has 1 aliphatic rings. The van der Waals surface area contributed by atoms with Crippen molar-refractivity contribution in [3.05, 3.63) is 23.9 Å². The molecule has 0 heterocycles. The average molecular weight is 181 g/mol. The standard InChI is InChI=1S/C10H19N3/c1-3-13(4-2)10(12)7-5-9(11)6-8-10/h5-7H,3-4,8,11-12H2,1-2H3. The van der Waals surface area contributed by atoms with E-state index in [2.05, 4.69) is 18.7 Å². The number of hydrogen-bond acceptors (Lipinski definition) is 3. The molecule has 0 bridgehead atoms. The van der Waals surface area contributed by atoms with E-state index in [0.29, 0.717) is 0 Å². The summed E-state index contributed by atoms with van der Waals surface area (Å²) < 4.78 is 0. The summed E-state index contributed by atoms with van der Waals surface area (Å²) in [7, 11) is 0. The smallest absolute Gasteiger partial charge is 0.0918 e. The predicted octanol–water partition coefficient (Wildman–Crippen LogP) is 0.786. The van der Waals surface area contributed by atoms with E-state index >= 15 is 0 Å². The molecule has 0 aromatic heterocycles. The highest BCUT2D eigenvalue weighted by atomic mass is 15.3. The van der Waals surface area contributed by atoms with Gasteiger partial charge in [-0.3, -0.25) is 4.90 Å². The van der Waals surface area contributed by atoms with Crippen molar-refractivity contribution in [2.24, 2.45) is 11.5 Å². The molecule has 0 spiro atoms. The third-order valence-corrected chi connectivity index (χ3v) is 2.58. The van der Waals surface area contributed by atoms with E-state index in [0.717, 1.165) is 25.2 Å². The van der Waals surface area contributed by atoms with Crippen LogP contribution in [-0.2, 0) is 0 Å². The fourth-order valence-corrected chi connectivity index (χ4v) is 1.70. The Labute approximate surface area is 80.1 Å². The highest BCUT2D eigenvalue weighted by Gasteiger charge is 2.28. The van der Waals surface area contributed by atoms with Gasteiger partial charge in [-0.15, -0.1) is 0 Å². The summed E-state index contributed by atoms with van der Waals surface area (Å²) >= 11 is 0. The minimum atomic E-state index is -0.327. The van der Waals surface area contributed by atoms with Crippen LogP contribution in [0.1, 0.15) is 20.3 Å². The molecule has 0 amide bonds. The molecule has 0 saturated carbocycles. The third-order valence-electron chi connectivity index (χ3n) is 2.58. The number of rotatable bonds is 3. The van der Waals surface area contributed by atoms with Gasteiger partial charge in [-0.2, -0.15) is 0 Å². The molecule has 3 nitrogen and oxygen atoms in total. The summed E-state index contributed by atoms with van der Waals surface area (Å²) in [6.45, 7) is 6.16. The lowest BCUT2D eigenvalue weighted by molar-refractivity contribution is 0.152. The second-order valence-corrected chi connectivity index (χ2v) is 3.41. The molecular weight excluding hydrogens is 162 g/mol. The van der Waals surface area contributed by atoms with E-state index in [1.165, 1.54) is 0 Å². The SMILES string of the molecule is CCN(CC)C1(N)C=CC(N)=CC1. The van der Waals surface area contributed by atoms with Gasteiger partial charge < -0.3 is 11.5 Å². The Bertz CT molecular complexity index is 228. The van der Waals surface area contributed by atoms with E-state index in [4.69, 9.17) is 11.5 Å². The molecular formula is C10H19N3. The Morgan fingerprint density at radius 2 is 2.08 bits per heavy atom. The molecule has 1 unspecified atom stereocenters. The normalized spacial score (nSPS) is 27.8. The predicted molar refractivity (Wildman–Crippen MR) is 55.9 cm³/mol. The van der Waals surface area contributed by atoms with Crippen molar-refractivity contribution in [3.63, 3.8) is 0 Å². The van der Waals surface area contributed by atoms with Gasteiger partial charge in [-0.25, -0.2) is 0 Å². The van der Waals surface area contributed by atoms with Crippen LogP contribution in [0, 0.1) is 0 Å². The first-order chi connectivity index (χ1) is 6.12. The number of likely N-dealkylation sites (N-methyl/N-ethyl adjacent to an activating group) is 1. The fraction of sp³-hybridized carbons (Fsp3) is 0.600. The van der Waals surface area contributed by atoms with Gasteiger partial charge in [-0.05, 0) is 25.2 Å². The van der Waals surface area contributed by atoms with Gasteiger partial charge in [0.1, 0.15) is 0 Å². The van der Waals surface area contributed by atoms with Crippen LogP contribution in [0.5, 0.6) is 0 Å². The molecule has 0 aliphatic heterocycles. The summed E-state index contributed by atoms with van der Waals surface area (Å²) in [6, 6.07) is 0. The minimum absolute atomic E-state index is 0.327. The van der Waals surface area contributed by atoms with Crippen molar-refractivity contribution >= 4 is 0 Å². The van der Waals surface area contributed by atoms with Gasteiger partial charge in [0.2, 0.25) is 0 Å². The fourth-order valence-electron chi connectivity index (χ4n) is 1.70. The van der Waals surface area contributed by atoms with Crippen molar-refractivity contribution in [3.8, 4) is 0 Å². The summed E-state index contributed by atoms with van der Waals surface area (Å²) in [5.41, 5.74) is 12.4. The molecule has 1 rings (SSSR count). The maximum atomic E-state index is 6.23. The number of nitrogens with zero attached hydrogens (tertiary/aromatic N) is 1. The molecule has 13 heavy (non-hydrogen) atoms. The lowest BCUT2D eigenvalue weighted by Crippen LogP contribution is -2.54. The molecule has 0 fully saturated rings. The van der Waals surface area contributed by atoms with E-state index < -0.39 is 0 Å². The van der Waals surface area contributed by atoms with Crippen molar-refractivity contribution in [1.29, 1.82) is 0 Å². The Hall–Kier alpha value is -0.800. The van der Waals surface area contributed by atoms with E-state index in [1.807, 2.05) is 18.2 Å². The minimum Gasteiger partial charge on any atom is -0.399 e. The topological polar surface area (TPSA) is 55.3 Å². The number of allylic oxidation sites excluding steroid dienone is 1. The molecule has 0 aromatic rings. The van der Waals surface area contributed by atoms with Gasteiger partial charge in [-0.1, -0.05) is 19.9 Å². The zero-order chi connectivity index (χ0) is 9.90. The lowest BCUT2D eigenvalue weighted by Gasteiger charge is -2.38. The molecule has 0 radical (unpaired) electrons. The van der Waals surface area contributed by atoms with E-state index in [-0.39, 0.29) is 5.66 Å². The lowest BCUT2D eigenvalue weighted by atomic mass is 9.98. The average Bonchev–Trinajstić information content (AvgIpc) is 2.13. The third kappa shape index (κ3) is 2.11. The Balaban J connectivity index is 2.73. The van der Waals surface area contributed by atoms with E-state index in [9.17, 15) is 0 Å². The first-order valence-corrected chi connectivity index (χ1v) is 4.81. The van der Waals surface area contributed by atoms with Crippen molar-refractivity contribution in [2.75, 3.05) is 13.1 Å².